The van der Waals surface area contributed by atoms with E-state index < -0.39 is 11.7 Å². The minimum Gasteiger partial charge on any atom is -0.494 e. The van der Waals surface area contributed by atoms with Crippen LogP contribution in [0.3, 0.4) is 0 Å². The third-order valence-corrected chi connectivity index (χ3v) is 4.23. The van der Waals surface area contributed by atoms with Crippen LogP contribution in [0.15, 0.2) is 54.9 Å². The summed E-state index contributed by atoms with van der Waals surface area (Å²) in [5.41, 5.74) is 0.428. The Hall–Kier alpha value is -3.89. The molecular weight excluding hydrogens is 425 g/mol. The van der Waals surface area contributed by atoms with Crippen LogP contribution in [0, 0.1) is 0 Å². The topological polar surface area (TPSA) is 101 Å². The lowest BCUT2D eigenvalue weighted by atomic mass is 10.2. The third kappa shape index (κ3) is 6.56. The molecule has 3 rings (SSSR count). The summed E-state index contributed by atoms with van der Waals surface area (Å²) in [6, 6.07) is 11.4. The number of nitrogens with one attached hydrogen (secondary N) is 3. The third-order valence-electron chi connectivity index (χ3n) is 4.23. The molecule has 0 aliphatic carbocycles. The van der Waals surface area contributed by atoms with Crippen molar-refractivity contribution in [2.75, 3.05) is 30.8 Å². The fourth-order valence-electron chi connectivity index (χ4n) is 2.66. The molecule has 3 aromatic rings. The molecule has 32 heavy (non-hydrogen) atoms. The Morgan fingerprint density at radius 2 is 1.81 bits per heavy atom. The molecule has 0 spiro atoms. The smallest absolute Gasteiger partial charge is 0.416 e. The molecule has 1 amide bonds. The zero-order valence-corrected chi connectivity index (χ0v) is 17.1. The molecule has 8 nitrogen and oxygen atoms in total. The molecule has 0 saturated heterocycles. The van der Waals surface area contributed by atoms with Crippen LogP contribution in [0.5, 0.6) is 5.75 Å². The Morgan fingerprint density at radius 1 is 1.06 bits per heavy atom. The lowest BCUT2D eigenvalue weighted by Gasteiger charge is -2.10. The van der Waals surface area contributed by atoms with Gasteiger partial charge in [-0.15, -0.1) is 0 Å². The normalized spacial score (nSPS) is 11.0. The van der Waals surface area contributed by atoms with E-state index in [-0.39, 0.29) is 5.91 Å². The number of anilines is 3. The minimum atomic E-state index is -4.37. The van der Waals surface area contributed by atoms with Gasteiger partial charge in [0.15, 0.2) is 0 Å². The van der Waals surface area contributed by atoms with Crippen LogP contribution in [0.1, 0.15) is 22.3 Å². The molecular formula is C21H21F3N6O2. The number of amides is 1. The van der Waals surface area contributed by atoms with E-state index in [0.29, 0.717) is 48.5 Å². The molecule has 0 unspecified atom stereocenters. The first-order valence-corrected chi connectivity index (χ1v) is 9.67. The SMILES string of the molecule is CNC(=O)c1cccc(Nc2ncnc(NCCCOc3ccc(C(F)(F)F)cc3)n2)c1. The number of hydrogen-bond donors (Lipinski definition) is 3. The van der Waals surface area contributed by atoms with E-state index in [1.165, 1.54) is 18.5 Å². The largest absolute Gasteiger partial charge is 0.494 e. The van der Waals surface area contributed by atoms with Gasteiger partial charge in [0.2, 0.25) is 11.9 Å². The van der Waals surface area contributed by atoms with Crippen LogP contribution in [0.2, 0.25) is 0 Å². The average Bonchev–Trinajstić information content (AvgIpc) is 2.78. The lowest BCUT2D eigenvalue weighted by molar-refractivity contribution is -0.137. The molecule has 0 saturated carbocycles. The quantitative estimate of drug-likeness (QED) is 0.429. The molecule has 0 bridgehead atoms. The number of rotatable bonds is 9. The number of carbonyl (C=O) groups excluding carboxylic acids is 1. The van der Waals surface area contributed by atoms with Gasteiger partial charge in [-0.3, -0.25) is 4.79 Å². The van der Waals surface area contributed by atoms with Gasteiger partial charge in [0.1, 0.15) is 12.1 Å². The Kier molecular flexibility index (Phi) is 7.42. The highest BCUT2D eigenvalue weighted by molar-refractivity contribution is 5.95. The molecule has 0 atom stereocenters. The second-order valence-corrected chi connectivity index (χ2v) is 6.57. The molecule has 0 fully saturated rings. The van der Waals surface area contributed by atoms with Gasteiger partial charge in [0, 0.05) is 24.8 Å². The number of aromatic nitrogens is 3. The first kappa shape index (κ1) is 22.8. The van der Waals surface area contributed by atoms with E-state index in [2.05, 4.69) is 30.9 Å². The van der Waals surface area contributed by atoms with E-state index in [4.69, 9.17) is 4.74 Å². The summed E-state index contributed by atoms with van der Waals surface area (Å²) >= 11 is 0. The van der Waals surface area contributed by atoms with Gasteiger partial charge in [-0.05, 0) is 48.9 Å². The molecule has 1 aromatic heterocycles. The predicted octanol–water partition coefficient (Wildman–Crippen LogP) is 3.87. The van der Waals surface area contributed by atoms with Crippen LogP contribution >= 0.6 is 0 Å². The van der Waals surface area contributed by atoms with E-state index >= 15 is 0 Å². The Balaban J connectivity index is 1.46. The van der Waals surface area contributed by atoms with Gasteiger partial charge < -0.3 is 20.7 Å². The van der Waals surface area contributed by atoms with Crippen molar-refractivity contribution < 1.29 is 22.7 Å². The zero-order valence-electron chi connectivity index (χ0n) is 17.1. The molecule has 11 heteroatoms. The number of hydrogen-bond acceptors (Lipinski definition) is 7. The van der Waals surface area contributed by atoms with Crippen LogP contribution in [-0.2, 0) is 6.18 Å². The molecule has 0 aliphatic heterocycles. The monoisotopic (exact) mass is 446 g/mol. The van der Waals surface area contributed by atoms with Gasteiger partial charge in [-0.1, -0.05) is 6.07 Å². The fourth-order valence-corrected chi connectivity index (χ4v) is 2.66. The van der Waals surface area contributed by atoms with Crippen molar-refractivity contribution >= 4 is 23.5 Å². The minimum absolute atomic E-state index is 0.204. The Labute approximate surface area is 182 Å². The summed E-state index contributed by atoms with van der Waals surface area (Å²) in [7, 11) is 1.56. The highest BCUT2D eigenvalue weighted by Crippen LogP contribution is 2.30. The van der Waals surface area contributed by atoms with Crippen molar-refractivity contribution in [3.8, 4) is 5.75 Å². The molecule has 0 radical (unpaired) electrons. The van der Waals surface area contributed by atoms with E-state index in [1.54, 1.807) is 31.3 Å². The number of benzene rings is 2. The molecule has 0 aliphatic rings. The van der Waals surface area contributed by atoms with E-state index in [1.807, 2.05) is 0 Å². The van der Waals surface area contributed by atoms with Crippen LogP contribution in [0.4, 0.5) is 30.8 Å². The molecule has 1 heterocycles. The first-order chi connectivity index (χ1) is 15.3. The summed E-state index contributed by atoms with van der Waals surface area (Å²) in [5, 5.41) is 8.60. The van der Waals surface area contributed by atoms with Crippen molar-refractivity contribution in [3.63, 3.8) is 0 Å². The van der Waals surface area contributed by atoms with E-state index in [0.717, 1.165) is 12.1 Å². The van der Waals surface area contributed by atoms with E-state index in [9.17, 15) is 18.0 Å². The van der Waals surface area contributed by atoms with Crippen LogP contribution < -0.4 is 20.7 Å². The standard InChI is InChI=1S/C21H21F3N6O2/c1-25-18(31)14-4-2-5-16(12-14)29-20-28-13-27-19(30-20)26-10-3-11-32-17-8-6-15(7-9-17)21(22,23)24/h2,4-9,12-13H,3,10-11H2,1H3,(H,25,31)(H2,26,27,28,29,30). The van der Waals surface area contributed by atoms with Crippen molar-refractivity contribution in [2.24, 2.45) is 0 Å². The Morgan fingerprint density at radius 3 is 2.53 bits per heavy atom. The Bertz CT molecular complexity index is 1040. The van der Waals surface area contributed by atoms with Crippen molar-refractivity contribution in [1.82, 2.24) is 20.3 Å². The molecule has 168 valence electrons. The number of carbonyl (C=O) groups is 1. The average molecular weight is 446 g/mol. The second-order valence-electron chi connectivity index (χ2n) is 6.57. The maximum Gasteiger partial charge on any atom is 0.416 e. The summed E-state index contributed by atoms with van der Waals surface area (Å²) in [5.74, 6) is 0.811. The van der Waals surface area contributed by atoms with Gasteiger partial charge in [-0.2, -0.15) is 18.2 Å². The van der Waals surface area contributed by atoms with Gasteiger partial charge in [0.25, 0.3) is 5.91 Å². The van der Waals surface area contributed by atoms with Crippen molar-refractivity contribution in [1.29, 1.82) is 0 Å². The molecule has 2 aromatic carbocycles. The van der Waals surface area contributed by atoms with Crippen LogP contribution in [0.25, 0.3) is 0 Å². The summed E-state index contributed by atoms with van der Waals surface area (Å²) in [4.78, 5) is 24.1. The van der Waals surface area contributed by atoms with Gasteiger partial charge in [0.05, 0.1) is 12.2 Å². The predicted molar refractivity (Wildman–Crippen MR) is 113 cm³/mol. The fraction of sp³-hybridized carbons (Fsp3) is 0.238. The number of alkyl halides is 3. The molecule has 3 N–H and O–H groups in total. The number of ether oxygens (including phenoxy) is 1. The van der Waals surface area contributed by atoms with Crippen molar-refractivity contribution in [2.45, 2.75) is 12.6 Å². The first-order valence-electron chi connectivity index (χ1n) is 9.67. The highest BCUT2D eigenvalue weighted by atomic mass is 19.4. The lowest BCUT2D eigenvalue weighted by Crippen LogP contribution is -2.17. The summed E-state index contributed by atoms with van der Waals surface area (Å²) in [6.07, 6.45) is -2.45. The maximum absolute atomic E-state index is 12.6. The highest BCUT2D eigenvalue weighted by Gasteiger charge is 2.29. The van der Waals surface area contributed by atoms with Gasteiger partial charge >= 0.3 is 6.18 Å². The van der Waals surface area contributed by atoms with Crippen molar-refractivity contribution in [3.05, 3.63) is 66.0 Å². The second kappa shape index (κ2) is 10.4. The maximum atomic E-state index is 12.6. The summed E-state index contributed by atoms with van der Waals surface area (Å²) in [6.45, 7) is 0.789. The van der Waals surface area contributed by atoms with Gasteiger partial charge in [-0.25, -0.2) is 9.97 Å². The van der Waals surface area contributed by atoms with Crippen LogP contribution in [-0.4, -0.2) is 41.1 Å². The zero-order chi connectivity index (χ0) is 23.0. The summed E-state index contributed by atoms with van der Waals surface area (Å²) < 4.78 is 43.1. The number of nitrogens with zero attached hydrogens (tertiary/aromatic N) is 3. The number of halogens is 3.